The molecule has 0 saturated carbocycles. The Kier molecular flexibility index (Phi) is 5.57. The molecule has 1 N–H and O–H groups in total. The van der Waals surface area contributed by atoms with Gasteiger partial charge in [0.15, 0.2) is 6.61 Å². The molecule has 3 aromatic carbocycles. The molecule has 0 radical (unpaired) electrons. The van der Waals surface area contributed by atoms with Crippen molar-refractivity contribution in [3.63, 3.8) is 0 Å². The van der Waals surface area contributed by atoms with Crippen LogP contribution in [-0.4, -0.2) is 25.6 Å². The summed E-state index contributed by atoms with van der Waals surface area (Å²) in [4.78, 5) is 24.0. The smallest absolute Gasteiger partial charge is 0.340 e. The number of fused-ring (bicyclic) bond motifs is 1. The number of rotatable bonds is 5. The van der Waals surface area contributed by atoms with Gasteiger partial charge in [-0.2, -0.15) is 0 Å². The second kappa shape index (κ2) is 8.05. The number of esters is 1. The molecule has 0 aliphatic rings. The van der Waals surface area contributed by atoms with Crippen LogP contribution in [0, 0.1) is 5.82 Å². The molecule has 138 valence electrons. The van der Waals surface area contributed by atoms with Crippen molar-refractivity contribution in [2.45, 2.75) is 0 Å². The first kappa shape index (κ1) is 18.7. The Hall–Kier alpha value is -3.12. The number of carbonyl (C=O) groups excluding carboxylic acids is 2. The van der Waals surface area contributed by atoms with Crippen LogP contribution >= 0.6 is 11.6 Å². The maximum Gasteiger partial charge on any atom is 0.340 e. The molecule has 1 amide bonds. The number of benzene rings is 3. The predicted octanol–water partition coefficient (Wildman–Crippen LogP) is 4.44. The van der Waals surface area contributed by atoms with Crippen molar-refractivity contribution < 1.29 is 23.5 Å². The highest BCUT2D eigenvalue weighted by Crippen LogP contribution is 2.26. The number of hydrogen-bond donors (Lipinski definition) is 1. The first-order chi connectivity index (χ1) is 13.0. The molecule has 0 aromatic heterocycles. The van der Waals surface area contributed by atoms with Crippen molar-refractivity contribution in [3.8, 4) is 5.75 Å². The average molecular weight is 388 g/mol. The Morgan fingerprint density at radius 3 is 2.63 bits per heavy atom. The summed E-state index contributed by atoms with van der Waals surface area (Å²) in [6.07, 6.45) is 0. The summed E-state index contributed by atoms with van der Waals surface area (Å²) in [6, 6.07) is 15.2. The van der Waals surface area contributed by atoms with Gasteiger partial charge < -0.3 is 14.8 Å². The van der Waals surface area contributed by atoms with Crippen LogP contribution in [0.3, 0.4) is 0 Å². The molecule has 0 heterocycles. The number of ether oxygens (including phenoxy) is 2. The SMILES string of the molecule is COC(=O)c1cc(F)c(Cl)cc1NC(=O)COc1cccc2ccccc12. The monoisotopic (exact) mass is 387 g/mol. The van der Waals surface area contributed by atoms with Crippen molar-refractivity contribution >= 4 is 39.9 Å². The maximum atomic E-state index is 13.6. The van der Waals surface area contributed by atoms with Crippen LogP contribution in [0.2, 0.25) is 5.02 Å². The van der Waals surface area contributed by atoms with Gasteiger partial charge in [-0.05, 0) is 23.6 Å². The van der Waals surface area contributed by atoms with Crippen molar-refractivity contribution in [2.24, 2.45) is 0 Å². The van der Waals surface area contributed by atoms with Crippen LogP contribution in [0.1, 0.15) is 10.4 Å². The molecule has 0 atom stereocenters. The molecule has 3 aromatic rings. The van der Waals surface area contributed by atoms with E-state index in [-0.39, 0.29) is 22.9 Å². The number of halogens is 2. The minimum absolute atomic E-state index is 0.0415. The summed E-state index contributed by atoms with van der Waals surface area (Å²) in [6.45, 7) is -0.302. The molecule has 0 bridgehead atoms. The van der Waals surface area contributed by atoms with Gasteiger partial charge in [-0.25, -0.2) is 9.18 Å². The number of amides is 1. The van der Waals surface area contributed by atoms with Gasteiger partial charge in [-0.15, -0.1) is 0 Å². The molecule has 0 aliphatic carbocycles. The number of hydrogen-bond acceptors (Lipinski definition) is 4. The largest absolute Gasteiger partial charge is 0.483 e. The van der Waals surface area contributed by atoms with Crippen LogP contribution in [-0.2, 0) is 9.53 Å². The second-order valence-electron chi connectivity index (χ2n) is 5.62. The highest BCUT2D eigenvalue weighted by atomic mass is 35.5. The fraction of sp³-hybridized carbons (Fsp3) is 0.100. The van der Waals surface area contributed by atoms with E-state index in [9.17, 15) is 14.0 Å². The molecule has 0 fully saturated rings. The van der Waals surface area contributed by atoms with Gasteiger partial charge in [0.1, 0.15) is 11.6 Å². The Labute approximate surface area is 159 Å². The summed E-state index contributed by atoms with van der Waals surface area (Å²) in [5, 5.41) is 4.12. The van der Waals surface area contributed by atoms with Crippen molar-refractivity contribution in [1.82, 2.24) is 0 Å². The normalized spacial score (nSPS) is 10.5. The van der Waals surface area contributed by atoms with Gasteiger partial charge in [-0.3, -0.25) is 4.79 Å². The van der Waals surface area contributed by atoms with Crippen LogP contribution in [0.4, 0.5) is 10.1 Å². The third-order valence-electron chi connectivity index (χ3n) is 3.85. The highest BCUT2D eigenvalue weighted by Gasteiger charge is 2.18. The quantitative estimate of drug-likeness (QED) is 0.657. The topological polar surface area (TPSA) is 64.6 Å². The maximum absolute atomic E-state index is 13.6. The van der Waals surface area contributed by atoms with Gasteiger partial charge in [0.25, 0.3) is 5.91 Å². The van der Waals surface area contributed by atoms with E-state index in [1.807, 2.05) is 36.4 Å². The molecular formula is C20H15ClFNO4. The van der Waals surface area contributed by atoms with E-state index >= 15 is 0 Å². The minimum Gasteiger partial charge on any atom is -0.483 e. The molecule has 5 nitrogen and oxygen atoms in total. The van der Waals surface area contributed by atoms with Crippen LogP contribution in [0.5, 0.6) is 5.75 Å². The lowest BCUT2D eigenvalue weighted by molar-refractivity contribution is -0.118. The Morgan fingerprint density at radius 1 is 1.11 bits per heavy atom. The first-order valence-electron chi connectivity index (χ1n) is 7.97. The molecule has 27 heavy (non-hydrogen) atoms. The fourth-order valence-corrected chi connectivity index (χ4v) is 2.74. The third-order valence-corrected chi connectivity index (χ3v) is 4.14. The van der Waals surface area contributed by atoms with E-state index in [1.54, 1.807) is 6.07 Å². The van der Waals surface area contributed by atoms with E-state index in [1.165, 1.54) is 0 Å². The first-order valence-corrected chi connectivity index (χ1v) is 8.35. The lowest BCUT2D eigenvalue weighted by Crippen LogP contribution is -2.22. The molecule has 0 aliphatic heterocycles. The highest BCUT2D eigenvalue weighted by molar-refractivity contribution is 6.31. The molecule has 0 spiro atoms. The van der Waals surface area contributed by atoms with Gasteiger partial charge in [0.2, 0.25) is 0 Å². The van der Waals surface area contributed by atoms with E-state index in [0.717, 1.165) is 30.0 Å². The third kappa shape index (κ3) is 4.17. The summed E-state index contributed by atoms with van der Waals surface area (Å²) in [7, 11) is 1.16. The predicted molar refractivity (Wildman–Crippen MR) is 101 cm³/mol. The van der Waals surface area contributed by atoms with Crippen molar-refractivity contribution in [3.05, 3.63) is 71.0 Å². The van der Waals surface area contributed by atoms with Crippen LogP contribution in [0.25, 0.3) is 10.8 Å². The lowest BCUT2D eigenvalue weighted by Gasteiger charge is -2.12. The van der Waals surface area contributed by atoms with E-state index in [4.69, 9.17) is 16.3 Å². The fourth-order valence-electron chi connectivity index (χ4n) is 2.58. The number of carbonyl (C=O) groups is 2. The van der Waals surface area contributed by atoms with Gasteiger partial charge >= 0.3 is 5.97 Å². The van der Waals surface area contributed by atoms with Crippen LogP contribution < -0.4 is 10.1 Å². The van der Waals surface area contributed by atoms with Gasteiger partial charge in [0, 0.05) is 5.39 Å². The summed E-state index contributed by atoms with van der Waals surface area (Å²) >= 11 is 5.75. The molecule has 3 rings (SSSR count). The van der Waals surface area contributed by atoms with E-state index in [0.29, 0.717) is 5.75 Å². The zero-order chi connectivity index (χ0) is 19.4. The zero-order valence-electron chi connectivity index (χ0n) is 14.3. The Morgan fingerprint density at radius 2 is 1.85 bits per heavy atom. The standard InChI is InChI=1S/C20H15ClFNO4/c1-26-20(25)14-9-16(22)15(21)10-17(14)23-19(24)11-27-18-8-4-6-12-5-2-3-7-13(12)18/h2-10H,11H2,1H3,(H,23,24). The second-order valence-corrected chi connectivity index (χ2v) is 6.02. The number of anilines is 1. The van der Waals surface area contributed by atoms with Crippen molar-refractivity contribution in [2.75, 3.05) is 19.0 Å². The molecular weight excluding hydrogens is 373 g/mol. The van der Waals surface area contributed by atoms with E-state index < -0.39 is 17.7 Å². The summed E-state index contributed by atoms with van der Waals surface area (Å²) < 4.78 is 23.8. The molecule has 0 saturated heterocycles. The van der Waals surface area contributed by atoms with Gasteiger partial charge in [-0.1, -0.05) is 48.0 Å². The summed E-state index contributed by atoms with van der Waals surface area (Å²) in [5.41, 5.74) is -0.0994. The number of methoxy groups -OCH3 is 1. The van der Waals surface area contributed by atoms with Crippen molar-refractivity contribution in [1.29, 1.82) is 0 Å². The molecule has 7 heteroatoms. The van der Waals surface area contributed by atoms with Gasteiger partial charge in [0.05, 0.1) is 23.4 Å². The van der Waals surface area contributed by atoms with E-state index in [2.05, 4.69) is 10.1 Å². The minimum atomic E-state index is -0.796. The molecule has 0 unspecified atom stereocenters. The summed E-state index contributed by atoms with van der Waals surface area (Å²) in [5.74, 6) is -1.57. The Bertz CT molecular complexity index is 1020. The van der Waals surface area contributed by atoms with Crippen LogP contribution in [0.15, 0.2) is 54.6 Å². The average Bonchev–Trinajstić information content (AvgIpc) is 2.68. The zero-order valence-corrected chi connectivity index (χ0v) is 15.0. The Balaban J connectivity index is 1.76. The number of nitrogens with one attached hydrogen (secondary N) is 1. The lowest BCUT2D eigenvalue weighted by atomic mass is 10.1.